The topological polar surface area (TPSA) is 331 Å². The van der Waals surface area contributed by atoms with Gasteiger partial charge in [0.15, 0.2) is 69.7 Å². The number of rotatable bonds is 6. The predicted molar refractivity (Wildman–Crippen MR) is 209 cm³/mol. The molecule has 2 aliphatic rings. The Morgan fingerprint density at radius 2 is 1.11 bits per heavy atom. The SMILES string of the molecule is O=C(OC1Cc2cc(O)c(O)cc2OC1c1ccc(O)c(O)c1)c1cc(=O)c(O)c2c(O)c(O)cc(C3Oc4cc(O)cc(O)c4CC3OC(=O)c3cc(O)c(O)c(O)c3)c2c1. The molecular formula is C43H32O19. The molecule has 0 saturated carbocycles. The van der Waals surface area contributed by atoms with E-state index in [0.717, 1.165) is 54.6 Å². The van der Waals surface area contributed by atoms with E-state index in [4.69, 9.17) is 18.9 Å². The molecule has 19 heteroatoms. The van der Waals surface area contributed by atoms with Gasteiger partial charge < -0.3 is 80.2 Å². The highest BCUT2D eigenvalue weighted by Gasteiger charge is 2.40. The highest BCUT2D eigenvalue weighted by molar-refractivity contribution is 6.01. The number of carbonyl (C=O) groups is 2. The molecule has 0 bridgehead atoms. The number of ether oxygens (including phenoxy) is 4. The molecule has 318 valence electrons. The Bertz CT molecular complexity index is 2920. The molecule has 0 spiro atoms. The lowest BCUT2D eigenvalue weighted by atomic mass is 9.90. The summed E-state index contributed by atoms with van der Waals surface area (Å²) in [6, 6.07) is 12.1. The summed E-state index contributed by atoms with van der Waals surface area (Å²) in [5, 5.41) is 124. The Labute approximate surface area is 346 Å². The average Bonchev–Trinajstić information content (AvgIpc) is 3.35. The minimum absolute atomic E-state index is 0.0105. The van der Waals surface area contributed by atoms with E-state index in [2.05, 4.69) is 0 Å². The molecule has 4 atom stereocenters. The second kappa shape index (κ2) is 14.9. The Hall–Kier alpha value is -8.61. The maximum Gasteiger partial charge on any atom is 0.338 e. The zero-order valence-corrected chi connectivity index (χ0v) is 31.4. The zero-order valence-electron chi connectivity index (χ0n) is 31.4. The van der Waals surface area contributed by atoms with Crippen LogP contribution in [0.3, 0.4) is 0 Å². The van der Waals surface area contributed by atoms with Crippen molar-refractivity contribution in [1.29, 1.82) is 0 Å². The van der Waals surface area contributed by atoms with Gasteiger partial charge in [0.25, 0.3) is 0 Å². The summed E-state index contributed by atoms with van der Waals surface area (Å²) in [4.78, 5) is 41.2. The number of aromatic hydroxyl groups is 12. The zero-order chi connectivity index (χ0) is 44.5. The molecule has 0 aromatic heterocycles. The molecule has 0 fully saturated rings. The average molecular weight is 853 g/mol. The normalized spacial score (nSPS) is 17.8. The minimum atomic E-state index is -1.64. The van der Waals surface area contributed by atoms with Crippen LogP contribution in [0.5, 0.6) is 80.5 Å². The fraction of sp³-hybridized carbons (Fsp3) is 0.140. The van der Waals surface area contributed by atoms with Gasteiger partial charge in [0.1, 0.15) is 35.2 Å². The van der Waals surface area contributed by atoms with E-state index in [1.165, 1.54) is 12.1 Å². The first kappa shape index (κ1) is 40.2. The van der Waals surface area contributed by atoms with E-state index in [1.54, 1.807) is 0 Å². The van der Waals surface area contributed by atoms with Crippen molar-refractivity contribution in [3.05, 3.63) is 116 Å². The van der Waals surface area contributed by atoms with E-state index >= 15 is 0 Å². The molecule has 8 rings (SSSR count). The third kappa shape index (κ3) is 7.01. The van der Waals surface area contributed by atoms with Gasteiger partial charge in [-0.15, -0.1) is 0 Å². The van der Waals surface area contributed by atoms with Crippen LogP contribution in [-0.4, -0.2) is 85.4 Å². The van der Waals surface area contributed by atoms with Crippen molar-refractivity contribution < 1.29 is 89.8 Å². The lowest BCUT2D eigenvalue weighted by molar-refractivity contribution is -0.0185. The number of hydrogen-bond donors (Lipinski definition) is 12. The number of carbonyl (C=O) groups excluding carboxylic acids is 2. The van der Waals surface area contributed by atoms with Crippen molar-refractivity contribution >= 4 is 22.7 Å². The van der Waals surface area contributed by atoms with E-state index in [0.29, 0.717) is 6.07 Å². The summed E-state index contributed by atoms with van der Waals surface area (Å²) in [5.74, 6) is -11.5. The Morgan fingerprint density at radius 1 is 0.516 bits per heavy atom. The van der Waals surface area contributed by atoms with Crippen molar-refractivity contribution in [2.24, 2.45) is 0 Å². The summed E-state index contributed by atoms with van der Waals surface area (Å²) < 4.78 is 23.8. The molecule has 0 amide bonds. The number of esters is 2. The van der Waals surface area contributed by atoms with Crippen LogP contribution in [0.2, 0.25) is 0 Å². The van der Waals surface area contributed by atoms with Crippen LogP contribution in [0.4, 0.5) is 0 Å². The van der Waals surface area contributed by atoms with E-state index in [-0.39, 0.29) is 45.6 Å². The van der Waals surface area contributed by atoms with Crippen LogP contribution in [0.15, 0.2) is 77.6 Å². The maximum absolute atomic E-state index is 14.2. The molecule has 6 aromatic rings. The summed E-state index contributed by atoms with van der Waals surface area (Å²) in [6.45, 7) is 0. The second-order valence-electron chi connectivity index (χ2n) is 14.5. The van der Waals surface area contributed by atoms with Crippen LogP contribution in [-0.2, 0) is 22.3 Å². The highest BCUT2D eigenvalue weighted by atomic mass is 16.6. The number of benzene rings is 5. The van der Waals surface area contributed by atoms with Crippen LogP contribution in [0.1, 0.15) is 55.2 Å². The van der Waals surface area contributed by atoms with Crippen molar-refractivity contribution in [2.75, 3.05) is 0 Å². The van der Waals surface area contributed by atoms with E-state index < -0.39 is 134 Å². The van der Waals surface area contributed by atoms with Gasteiger partial charge in [0.2, 0.25) is 5.43 Å². The smallest absolute Gasteiger partial charge is 0.338 e. The van der Waals surface area contributed by atoms with E-state index in [1.807, 2.05) is 0 Å². The molecular weight excluding hydrogens is 820 g/mol. The minimum Gasteiger partial charge on any atom is -0.508 e. The standard InChI is InChI=1S/C43H32O19/c44-19-10-24(46)22-13-35(62-43(58)18-7-28(50)37(54)29(51)8-18)41(60-33(22)11-19)21-12-31(53)39(56)36-20(21)3-17(6-30(52)38(36)55)42(57)61-34-9-16-5-26(48)27(49)14-32(16)59-40(34)15-1-2-23(45)25(47)4-15/h1-8,10-12,14,34-35,40-41,44-51,53-54,56H,9,13H2,(H,52,55). The summed E-state index contributed by atoms with van der Waals surface area (Å²) >= 11 is 0. The van der Waals surface area contributed by atoms with Gasteiger partial charge in [-0.2, -0.15) is 0 Å². The monoisotopic (exact) mass is 852 g/mol. The third-order valence-corrected chi connectivity index (χ3v) is 10.4. The van der Waals surface area contributed by atoms with Gasteiger partial charge in [0.05, 0.1) is 16.5 Å². The van der Waals surface area contributed by atoms with Crippen LogP contribution < -0.4 is 14.9 Å². The Balaban J connectivity index is 1.25. The molecule has 0 aliphatic carbocycles. The van der Waals surface area contributed by atoms with Gasteiger partial charge in [-0.3, -0.25) is 4.79 Å². The van der Waals surface area contributed by atoms with E-state index in [9.17, 15) is 75.7 Å². The maximum atomic E-state index is 14.2. The fourth-order valence-corrected chi connectivity index (χ4v) is 7.43. The first-order chi connectivity index (χ1) is 29.4. The second-order valence-corrected chi connectivity index (χ2v) is 14.5. The highest BCUT2D eigenvalue weighted by Crippen LogP contribution is 2.49. The Morgan fingerprint density at radius 3 is 1.79 bits per heavy atom. The van der Waals surface area contributed by atoms with Crippen LogP contribution in [0.25, 0.3) is 10.8 Å². The first-order valence-corrected chi connectivity index (χ1v) is 18.3. The largest absolute Gasteiger partial charge is 0.508 e. The molecule has 0 radical (unpaired) electrons. The van der Waals surface area contributed by atoms with Gasteiger partial charge in [0, 0.05) is 59.4 Å². The molecule has 19 nitrogen and oxygen atoms in total. The number of hydrogen-bond acceptors (Lipinski definition) is 19. The molecule has 12 N–H and O–H groups in total. The van der Waals surface area contributed by atoms with Crippen LogP contribution >= 0.6 is 0 Å². The molecule has 0 saturated heterocycles. The molecule has 4 unspecified atom stereocenters. The van der Waals surface area contributed by atoms with Crippen molar-refractivity contribution in [1.82, 2.24) is 0 Å². The van der Waals surface area contributed by atoms with Gasteiger partial charge >= 0.3 is 11.9 Å². The van der Waals surface area contributed by atoms with Crippen molar-refractivity contribution in [2.45, 2.75) is 37.3 Å². The summed E-state index contributed by atoms with van der Waals surface area (Å²) in [5.41, 5.74) is -2.12. The number of phenols is 11. The molecule has 6 aromatic carbocycles. The lowest BCUT2D eigenvalue weighted by Gasteiger charge is -2.34. The Kier molecular flexibility index (Phi) is 9.65. The molecule has 2 heterocycles. The first-order valence-electron chi connectivity index (χ1n) is 18.3. The quantitative estimate of drug-likeness (QED) is 0.0812. The van der Waals surface area contributed by atoms with Crippen LogP contribution in [0, 0.1) is 0 Å². The van der Waals surface area contributed by atoms with Gasteiger partial charge in [-0.25, -0.2) is 9.59 Å². The third-order valence-electron chi connectivity index (χ3n) is 10.4. The van der Waals surface area contributed by atoms with Crippen molar-refractivity contribution in [3.8, 4) is 80.5 Å². The molecule has 2 aliphatic heterocycles. The number of phenolic OH excluding ortho intramolecular Hbond substituents is 11. The predicted octanol–water partition coefficient (Wildman–Crippen LogP) is 4.47. The molecule has 62 heavy (non-hydrogen) atoms. The van der Waals surface area contributed by atoms with Gasteiger partial charge in [-0.1, -0.05) is 6.07 Å². The summed E-state index contributed by atoms with van der Waals surface area (Å²) in [7, 11) is 0. The summed E-state index contributed by atoms with van der Waals surface area (Å²) in [6.07, 6.45) is -6.34. The number of fused-ring (bicyclic) bond motifs is 3. The lowest BCUT2D eigenvalue weighted by Crippen LogP contribution is -2.35. The van der Waals surface area contributed by atoms with Gasteiger partial charge in [-0.05, 0) is 47.9 Å². The fourth-order valence-electron chi connectivity index (χ4n) is 7.43. The van der Waals surface area contributed by atoms with Crippen molar-refractivity contribution in [3.63, 3.8) is 0 Å².